The average Bonchev–Trinajstić information content (AvgIpc) is 2.44. The second-order valence-corrected chi connectivity index (χ2v) is 5.37. The van der Waals surface area contributed by atoms with E-state index >= 15 is 0 Å². The molecule has 6 heteroatoms. The molecule has 6 nitrogen and oxygen atoms in total. The van der Waals surface area contributed by atoms with E-state index in [0.717, 1.165) is 25.7 Å². The van der Waals surface area contributed by atoms with Crippen LogP contribution < -0.4 is 5.32 Å². The van der Waals surface area contributed by atoms with Crippen LogP contribution in [0.15, 0.2) is 0 Å². The Bertz CT molecular complexity index is 274. The van der Waals surface area contributed by atoms with Gasteiger partial charge in [-0.1, -0.05) is 12.8 Å². The Labute approximate surface area is 120 Å². The molecule has 3 atom stereocenters. The van der Waals surface area contributed by atoms with Gasteiger partial charge in [-0.3, -0.25) is 4.79 Å². The topological polar surface area (TPSA) is 88.0 Å². The molecule has 0 aliphatic heterocycles. The van der Waals surface area contributed by atoms with Crippen LogP contribution in [-0.4, -0.2) is 62.3 Å². The Hall–Kier alpha value is -0.690. The van der Waals surface area contributed by atoms with Crippen molar-refractivity contribution in [2.24, 2.45) is 11.8 Å². The fraction of sp³-hybridized carbons (Fsp3) is 0.929. The van der Waals surface area contributed by atoms with Crippen LogP contribution in [0.25, 0.3) is 0 Å². The maximum absolute atomic E-state index is 11.2. The van der Waals surface area contributed by atoms with Gasteiger partial charge in [-0.05, 0) is 25.3 Å². The van der Waals surface area contributed by atoms with Crippen molar-refractivity contribution in [3.8, 4) is 0 Å². The molecule has 3 N–H and O–H groups in total. The zero-order chi connectivity index (χ0) is 14.8. The average molecular weight is 289 g/mol. The van der Waals surface area contributed by atoms with Crippen LogP contribution in [0.1, 0.15) is 25.7 Å². The van der Waals surface area contributed by atoms with Gasteiger partial charge in [-0.25, -0.2) is 0 Å². The van der Waals surface area contributed by atoms with Crippen LogP contribution in [0.4, 0.5) is 0 Å². The molecule has 0 aromatic carbocycles. The minimum atomic E-state index is -0.694. The SMILES string of the molecule is COCCOCC(O)CNCC1CCCCC1C(=O)O. The number of nitrogens with one attached hydrogen (secondary N) is 1. The van der Waals surface area contributed by atoms with Gasteiger partial charge >= 0.3 is 5.97 Å². The van der Waals surface area contributed by atoms with E-state index in [1.807, 2.05) is 0 Å². The van der Waals surface area contributed by atoms with E-state index < -0.39 is 12.1 Å². The van der Waals surface area contributed by atoms with E-state index in [-0.39, 0.29) is 18.4 Å². The highest BCUT2D eigenvalue weighted by Gasteiger charge is 2.30. The fourth-order valence-electron chi connectivity index (χ4n) is 2.63. The number of ether oxygens (including phenoxy) is 2. The summed E-state index contributed by atoms with van der Waals surface area (Å²) in [6.45, 7) is 2.32. The molecule has 0 bridgehead atoms. The Morgan fingerprint density at radius 3 is 2.80 bits per heavy atom. The standard InChI is InChI=1S/C14H27NO5/c1-19-6-7-20-10-12(16)9-15-8-11-4-2-3-5-13(11)14(17)18/h11-13,15-16H,2-10H2,1H3,(H,17,18). The number of methoxy groups -OCH3 is 1. The molecule has 0 radical (unpaired) electrons. The van der Waals surface area contributed by atoms with Gasteiger partial charge in [0.15, 0.2) is 0 Å². The summed E-state index contributed by atoms with van der Waals surface area (Å²) in [5.41, 5.74) is 0. The van der Waals surface area contributed by atoms with Gasteiger partial charge in [0.05, 0.1) is 31.8 Å². The van der Waals surface area contributed by atoms with Crippen LogP contribution in [-0.2, 0) is 14.3 Å². The van der Waals surface area contributed by atoms with Crippen molar-refractivity contribution in [1.29, 1.82) is 0 Å². The third-order valence-electron chi connectivity index (χ3n) is 3.75. The van der Waals surface area contributed by atoms with E-state index in [2.05, 4.69) is 5.32 Å². The summed E-state index contributed by atoms with van der Waals surface area (Å²) < 4.78 is 10.1. The van der Waals surface area contributed by atoms with Crippen molar-refractivity contribution in [1.82, 2.24) is 5.32 Å². The number of rotatable bonds is 10. The molecule has 0 heterocycles. The van der Waals surface area contributed by atoms with Crippen molar-refractivity contribution in [3.63, 3.8) is 0 Å². The number of hydrogen-bond acceptors (Lipinski definition) is 5. The highest BCUT2D eigenvalue weighted by molar-refractivity contribution is 5.70. The number of hydrogen-bond donors (Lipinski definition) is 3. The molecule has 1 fully saturated rings. The summed E-state index contributed by atoms with van der Waals surface area (Å²) in [5.74, 6) is -0.769. The summed E-state index contributed by atoms with van der Waals surface area (Å²) in [4.78, 5) is 11.2. The molecule has 0 aromatic rings. The Balaban J connectivity index is 2.13. The summed E-state index contributed by atoms with van der Waals surface area (Å²) in [7, 11) is 1.60. The molecule has 1 aliphatic carbocycles. The van der Waals surface area contributed by atoms with Crippen molar-refractivity contribution in [3.05, 3.63) is 0 Å². The lowest BCUT2D eigenvalue weighted by molar-refractivity contribution is -0.144. The first-order valence-corrected chi connectivity index (χ1v) is 7.33. The molecule has 118 valence electrons. The van der Waals surface area contributed by atoms with Crippen molar-refractivity contribution < 1.29 is 24.5 Å². The first-order chi connectivity index (χ1) is 9.65. The minimum absolute atomic E-state index is 0.169. The molecular weight excluding hydrogens is 262 g/mol. The summed E-state index contributed by atoms with van der Waals surface area (Å²) in [5, 5.41) is 22.0. The first-order valence-electron chi connectivity index (χ1n) is 7.33. The highest BCUT2D eigenvalue weighted by atomic mass is 16.5. The summed E-state index contributed by atoms with van der Waals surface area (Å²) in [6.07, 6.45) is 3.25. The van der Waals surface area contributed by atoms with Gasteiger partial charge in [0, 0.05) is 13.7 Å². The van der Waals surface area contributed by atoms with Crippen LogP contribution in [0.3, 0.4) is 0 Å². The lowest BCUT2D eigenvalue weighted by atomic mass is 9.79. The van der Waals surface area contributed by atoms with Crippen molar-refractivity contribution >= 4 is 5.97 Å². The van der Waals surface area contributed by atoms with Gasteiger partial charge in [-0.15, -0.1) is 0 Å². The van der Waals surface area contributed by atoms with Crippen LogP contribution >= 0.6 is 0 Å². The Morgan fingerprint density at radius 2 is 2.10 bits per heavy atom. The maximum Gasteiger partial charge on any atom is 0.306 e. The van der Waals surface area contributed by atoms with Crippen molar-refractivity contribution in [2.75, 3.05) is 40.0 Å². The number of carboxylic acid groups (broad SMARTS) is 1. The van der Waals surface area contributed by atoms with Crippen LogP contribution in [0.2, 0.25) is 0 Å². The predicted molar refractivity (Wildman–Crippen MR) is 74.7 cm³/mol. The monoisotopic (exact) mass is 289 g/mol. The number of aliphatic hydroxyl groups is 1. The van der Waals surface area contributed by atoms with Crippen LogP contribution in [0.5, 0.6) is 0 Å². The van der Waals surface area contributed by atoms with Gasteiger partial charge in [0.2, 0.25) is 0 Å². The molecule has 1 aliphatic rings. The predicted octanol–water partition coefficient (Wildman–Crippen LogP) is 0.491. The molecule has 0 saturated heterocycles. The Kier molecular flexibility index (Phi) is 8.77. The highest BCUT2D eigenvalue weighted by Crippen LogP contribution is 2.29. The number of aliphatic carboxylic acids is 1. The zero-order valence-corrected chi connectivity index (χ0v) is 12.2. The normalized spacial score (nSPS) is 24.5. The van der Waals surface area contributed by atoms with E-state index in [9.17, 15) is 15.0 Å². The summed E-state index contributed by atoms with van der Waals surface area (Å²) in [6, 6.07) is 0. The lowest BCUT2D eigenvalue weighted by Gasteiger charge is -2.29. The lowest BCUT2D eigenvalue weighted by Crippen LogP contribution is -2.38. The second-order valence-electron chi connectivity index (χ2n) is 5.37. The quantitative estimate of drug-likeness (QED) is 0.507. The third-order valence-corrected chi connectivity index (χ3v) is 3.75. The number of carbonyl (C=O) groups is 1. The molecule has 1 saturated carbocycles. The molecule has 0 amide bonds. The molecule has 20 heavy (non-hydrogen) atoms. The van der Waals surface area contributed by atoms with Crippen LogP contribution in [0, 0.1) is 11.8 Å². The zero-order valence-electron chi connectivity index (χ0n) is 12.2. The molecule has 0 aromatic heterocycles. The molecule has 3 unspecified atom stereocenters. The maximum atomic E-state index is 11.2. The second kappa shape index (κ2) is 10.1. The molecule has 1 rings (SSSR count). The first kappa shape index (κ1) is 17.4. The number of aliphatic hydroxyl groups excluding tert-OH is 1. The smallest absolute Gasteiger partial charge is 0.306 e. The van der Waals surface area contributed by atoms with E-state index in [1.54, 1.807) is 7.11 Å². The Morgan fingerprint density at radius 1 is 1.35 bits per heavy atom. The fourth-order valence-corrected chi connectivity index (χ4v) is 2.63. The minimum Gasteiger partial charge on any atom is -0.481 e. The third kappa shape index (κ3) is 6.65. The van der Waals surface area contributed by atoms with Gasteiger partial charge < -0.3 is 25.0 Å². The van der Waals surface area contributed by atoms with Gasteiger partial charge in [-0.2, -0.15) is 0 Å². The van der Waals surface area contributed by atoms with Gasteiger partial charge in [0.25, 0.3) is 0 Å². The molecular formula is C14H27NO5. The van der Waals surface area contributed by atoms with Crippen molar-refractivity contribution in [2.45, 2.75) is 31.8 Å². The van der Waals surface area contributed by atoms with E-state index in [4.69, 9.17) is 9.47 Å². The van der Waals surface area contributed by atoms with Gasteiger partial charge in [0.1, 0.15) is 0 Å². The number of carboxylic acids is 1. The summed E-state index contributed by atoms with van der Waals surface area (Å²) >= 11 is 0. The largest absolute Gasteiger partial charge is 0.481 e. The molecule has 0 spiro atoms. The van der Waals surface area contributed by atoms with E-state index in [1.165, 1.54) is 0 Å². The van der Waals surface area contributed by atoms with E-state index in [0.29, 0.717) is 26.3 Å².